The molecule has 0 aliphatic rings. The van der Waals surface area contributed by atoms with Crippen molar-refractivity contribution in [2.75, 3.05) is 0 Å². The molecule has 0 N–H and O–H groups in total. The largest absolute Gasteiger partial charge is 0.287 e. The van der Waals surface area contributed by atoms with Crippen LogP contribution in [0.25, 0.3) is 0 Å². The Hall–Kier alpha value is -0.580. The molecule has 0 unspecified atom stereocenters. The van der Waals surface area contributed by atoms with Gasteiger partial charge in [-0.3, -0.25) is 0 Å². The van der Waals surface area contributed by atoms with Crippen molar-refractivity contribution in [2.24, 2.45) is 0 Å². The van der Waals surface area contributed by atoms with Gasteiger partial charge in [0.05, 0.1) is 0 Å². The van der Waals surface area contributed by atoms with Crippen molar-refractivity contribution >= 4 is 15.9 Å². The minimum Gasteiger partial charge on any atom is -0.231 e. The van der Waals surface area contributed by atoms with E-state index < -0.39 is 18.5 Å². The van der Waals surface area contributed by atoms with Crippen molar-refractivity contribution in [1.82, 2.24) is 9.97 Å². The Morgan fingerprint density at radius 2 is 2.45 bits per heavy atom. The third kappa shape index (κ3) is 2.18. The van der Waals surface area contributed by atoms with Crippen molar-refractivity contribution in [3.8, 4) is 0 Å². The highest BCUT2D eigenvalue weighted by molar-refractivity contribution is 9.10. The van der Waals surface area contributed by atoms with Crippen LogP contribution in [0.1, 0.15) is 16.7 Å². The normalized spacial score (nSPS) is 16.8. The maximum atomic E-state index is 13.2. The van der Waals surface area contributed by atoms with Gasteiger partial charge in [0.1, 0.15) is 5.69 Å². The predicted molar refractivity (Wildman–Crippen MR) is 39.3 cm³/mol. The minimum absolute atomic E-state index is 0.0704. The molecule has 1 aromatic heterocycles. The van der Waals surface area contributed by atoms with E-state index in [0.717, 1.165) is 12.3 Å². The van der Waals surface area contributed by atoms with Gasteiger partial charge in [-0.15, -0.1) is 0 Å². The van der Waals surface area contributed by atoms with Gasteiger partial charge in [-0.2, -0.15) is 8.78 Å². The fraction of sp³-hybridized carbons (Fsp3) is 0.333. The van der Waals surface area contributed by atoms with Gasteiger partial charge in [-0.25, -0.2) is 9.97 Å². The minimum atomic E-state index is -3.96. The topological polar surface area (TPSA) is 25.8 Å². The van der Waals surface area contributed by atoms with Crippen LogP contribution in [0, 0.1) is 0 Å². The Bertz CT molecular complexity index is 342. The molecule has 1 rings (SSSR count). The molecule has 0 aliphatic heterocycles. The smallest absolute Gasteiger partial charge is 0.231 e. The Balaban J connectivity index is 3.16. The molecule has 0 spiro atoms. The maximum Gasteiger partial charge on any atom is 0.287 e. The summed E-state index contributed by atoms with van der Waals surface area (Å²) in [5, 5.41) is 0. The van der Waals surface area contributed by atoms with Crippen LogP contribution in [0.5, 0.6) is 0 Å². The van der Waals surface area contributed by atoms with Gasteiger partial charge < -0.3 is 0 Å². The summed E-state index contributed by atoms with van der Waals surface area (Å²) in [7, 11) is 0. The van der Waals surface area contributed by atoms with Crippen LogP contribution in [-0.2, 0) is 5.92 Å². The van der Waals surface area contributed by atoms with Crippen molar-refractivity contribution < 1.29 is 12.9 Å². The molecule has 60 valence electrons. The van der Waals surface area contributed by atoms with Gasteiger partial charge in [0, 0.05) is 17.2 Å². The van der Waals surface area contributed by atoms with Gasteiger partial charge in [0.2, 0.25) is 0 Å². The predicted octanol–water partition coefficient (Wildman–Crippen LogP) is 2.35. The van der Waals surface area contributed by atoms with Crippen LogP contribution in [-0.4, -0.2) is 9.97 Å². The van der Waals surface area contributed by atoms with E-state index in [2.05, 4.69) is 25.9 Å². The van der Waals surface area contributed by atoms with Crippen molar-refractivity contribution in [3.05, 3.63) is 22.7 Å². The van der Waals surface area contributed by atoms with E-state index in [1.165, 1.54) is 0 Å². The number of rotatable bonds is 1. The number of alkyl halides is 2. The van der Waals surface area contributed by atoms with Crippen molar-refractivity contribution in [1.29, 1.82) is 0 Å². The van der Waals surface area contributed by atoms with Gasteiger partial charge in [0.15, 0.2) is 4.73 Å². The van der Waals surface area contributed by atoms with E-state index in [-0.39, 0.29) is 4.73 Å². The molecule has 0 saturated carbocycles. The molecule has 0 aromatic carbocycles. The van der Waals surface area contributed by atoms with Crippen LogP contribution < -0.4 is 0 Å². The van der Waals surface area contributed by atoms with Crippen LogP contribution >= 0.6 is 15.9 Å². The second kappa shape index (κ2) is 2.81. The summed E-state index contributed by atoms with van der Waals surface area (Å²) < 4.78 is 46.2. The zero-order valence-corrected chi connectivity index (χ0v) is 6.77. The number of aromatic nitrogens is 2. The first-order valence-electron chi connectivity index (χ1n) is 4.12. The molecule has 5 heteroatoms. The monoisotopic (exact) mass is 225 g/mol. The molecule has 0 saturated heterocycles. The molecule has 0 aliphatic carbocycles. The zero-order valence-electron chi connectivity index (χ0n) is 8.18. The highest BCUT2D eigenvalue weighted by atomic mass is 79.9. The quantitative estimate of drug-likeness (QED) is 0.687. The summed E-state index contributed by atoms with van der Waals surface area (Å²) in [4.78, 5) is 6.83. The van der Waals surface area contributed by atoms with E-state index >= 15 is 0 Å². The maximum absolute atomic E-state index is 13.2. The summed E-state index contributed by atoms with van der Waals surface area (Å²) in [6, 6.07) is 0.872. The molecular weight excluding hydrogens is 218 g/mol. The third-order valence-electron chi connectivity index (χ3n) is 0.948. The first-order valence-corrected chi connectivity index (χ1v) is 3.41. The van der Waals surface area contributed by atoms with Crippen molar-refractivity contribution in [3.63, 3.8) is 0 Å². The average molecular weight is 226 g/mol. The zero-order chi connectivity index (χ0) is 11.0. The first kappa shape index (κ1) is 5.13. The first-order chi connectivity index (χ1) is 6.25. The standard InChI is InChI=1S/C6H5BrF2N2/c1-6(8,9)4-2-3-10-5(7)11-4/h2-3H,1H3/i1D3. The molecule has 0 amide bonds. The summed E-state index contributed by atoms with van der Waals surface area (Å²) >= 11 is 2.78. The lowest BCUT2D eigenvalue weighted by Gasteiger charge is -2.07. The number of hydrogen-bond acceptors (Lipinski definition) is 2. The fourth-order valence-electron chi connectivity index (χ4n) is 0.510. The molecule has 0 bridgehead atoms. The van der Waals surface area contributed by atoms with Gasteiger partial charge in [-0.1, -0.05) is 0 Å². The number of nitrogens with zero attached hydrogens (tertiary/aromatic N) is 2. The van der Waals surface area contributed by atoms with E-state index in [0.29, 0.717) is 0 Å². The van der Waals surface area contributed by atoms with Crippen molar-refractivity contribution in [2.45, 2.75) is 12.8 Å². The number of halogens is 3. The number of hydrogen-bond donors (Lipinski definition) is 0. The molecule has 0 atom stereocenters. The van der Waals surface area contributed by atoms with Gasteiger partial charge in [-0.05, 0) is 22.0 Å². The SMILES string of the molecule is [2H]C([2H])([2H])C(F)(F)c1ccnc(Br)n1. The van der Waals surface area contributed by atoms with Crippen LogP contribution in [0.2, 0.25) is 0 Å². The Morgan fingerprint density at radius 1 is 1.73 bits per heavy atom. The second-order valence-corrected chi connectivity index (χ2v) is 2.49. The Morgan fingerprint density at radius 3 is 3.00 bits per heavy atom. The van der Waals surface area contributed by atoms with Crippen LogP contribution in [0.3, 0.4) is 0 Å². The summed E-state index contributed by atoms with van der Waals surface area (Å²) in [6.07, 6.45) is 1.06. The van der Waals surface area contributed by atoms with Crippen LogP contribution in [0.4, 0.5) is 8.78 Å². The third-order valence-corrected chi connectivity index (χ3v) is 1.33. The van der Waals surface area contributed by atoms with Crippen LogP contribution in [0.15, 0.2) is 17.0 Å². The molecule has 1 heterocycles. The van der Waals surface area contributed by atoms with E-state index in [1.54, 1.807) is 0 Å². The van der Waals surface area contributed by atoms with E-state index in [1.807, 2.05) is 0 Å². The molecule has 0 radical (unpaired) electrons. The lowest BCUT2D eigenvalue weighted by Crippen LogP contribution is -2.09. The molecule has 1 aromatic rings. The summed E-state index contributed by atoms with van der Waals surface area (Å²) in [5.74, 6) is -3.96. The Labute approximate surface area is 75.0 Å². The summed E-state index contributed by atoms with van der Waals surface area (Å²) in [6.45, 7) is -3.40. The molecule has 11 heavy (non-hydrogen) atoms. The van der Waals surface area contributed by atoms with E-state index in [9.17, 15) is 8.78 Å². The lowest BCUT2D eigenvalue weighted by molar-refractivity contribution is 0.0124. The molecule has 2 nitrogen and oxygen atoms in total. The summed E-state index contributed by atoms with van der Waals surface area (Å²) in [5.41, 5.74) is -0.820. The van der Waals surface area contributed by atoms with Gasteiger partial charge in [0.25, 0.3) is 5.92 Å². The average Bonchev–Trinajstić information content (AvgIpc) is 2.02. The second-order valence-electron chi connectivity index (χ2n) is 1.79. The van der Waals surface area contributed by atoms with E-state index in [4.69, 9.17) is 4.11 Å². The fourth-order valence-corrected chi connectivity index (χ4v) is 0.819. The molecular formula is C6H5BrF2N2. The highest BCUT2D eigenvalue weighted by Crippen LogP contribution is 2.24. The lowest BCUT2D eigenvalue weighted by atomic mass is 10.3. The Kier molecular flexibility index (Phi) is 1.31. The molecule has 0 fully saturated rings. The highest BCUT2D eigenvalue weighted by Gasteiger charge is 2.26. The van der Waals surface area contributed by atoms with Gasteiger partial charge >= 0.3 is 0 Å².